The molecule has 0 aliphatic carbocycles. The second kappa shape index (κ2) is 14.7. The second-order valence-electron chi connectivity index (χ2n) is 10.1. The molecule has 4 aromatic rings. The molecule has 0 saturated carbocycles. The summed E-state index contributed by atoms with van der Waals surface area (Å²) in [4.78, 5) is 2.02. The van der Waals surface area contributed by atoms with E-state index in [2.05, 4.69) is 0 Å². The van der Waals surface area contributed by atoms with Crippen LogP contribution >= 0.6 is 0 Å². The summed E-state index contributed by atoms with van der Waals surface area (Å²) in [5.74, 6) is -2.05. The van der Waals surface area contributed by atoms with Crippen LogP contribution in [0.15, 0.2) is 95.9 Å². The summed E-state index contributed by atoms with van der Waals surface area (Å²) in [7, 11) is -1.56. The number of rotatable bonds is 13. The third-order valence-electron chi connectivity index (χ3n) is 7.11. The fraction of sp³-hybridized carbons (Fsp3) is 0.273. The number of hydrogen-bond donors (Lipinski definition) is 1. The number of aliphatic hydroxyl groups is 1. The minimum absolute atomic E-state index is 0.0599. The summed E-state index contributed by atoms with van der Waals surface area (Å²) in [6.45, 7) is 0.130. The molecule has 4 nitrogen and oxygen atoms in total. The van der Waals surface area contributed by atoms with Gasteiger partial charge >= 0.3 is 6.18 Å². The van der Waals surface area contributed by atoms with Crippen LogP contribution in [0.25, 0.3) is 0 Å². The van der Waals surface area contributed by atoms with Crippen LogP contribution in [-0.2, 0) is 30.1 Å². The van der Waals surface area contributed by atoms with E-state index in [1.54, 1.807) is 0 Å². The molecule has 4 aromatic carbocycles. The predicted octanol–water partition coefficient (Wildman–Crippen LogP) is 7.32. The highest BCUT2D eigenvalue weighted by atomic mass is 32.2. The maximum Gasteiger partial charge on any atom is 0.419 e. The summed E-state index contributed by atoms with van der Waals surface area (Å²) in [5.41, 5.74) is 0.550. The topological polar surface area (TPSA) is 49.8 Å². The van der Waals surface area contributed by atoms with Crippen LogP contribution in [0.3, 0.4) is 0 Å². The molecule has 0 saturated heterocycles. The molecule has 0 radical (unpaired) electrons. The van der Waals surface area contributed by atoms with Gasteiger partial charge in [-0.25, -0.2) is 8.78 Å². The van der Waals surface area contributed by atoms with Crippen molar-refractivity contribution in [1.82, 2.24) is 4.90 Å². The molecule has 228 valence electrons. The minimum Gasteiger partial charge on any atom is -0.493 e. The van der Waals surface area contributed by atoms with Gasteiger partial charge in [0, 0.05) is 49.0 Å². The molecule has 1 unspecified atom stereocenters. The summed E-state index contributed by atoms with van der Waals surface area (Å²) in [5, 5.41) is 9.44. The van der Waals surface area contributed by atoms with E-state index in [9.17, 15) is 26.9 Å². The van der Waals surface area contributed by atoms with Gasteiger partial charge in [0.1, 0.15) is 17.4 Å². The average molecular weight is 618 g/mol. The molecule has 1 N–H and O–H groups in total. The van der Waals surface area contributed by atoms with Gasteiger partial charge in [-0.15, -0.1) is 0 Å². The van der Waals surface area contributed by atoms with E-state index in [1.807, 2.05) is 65.6 Å². The summed E-state index contributed by atoms with van der Waals surface area (Å²) < 4.78 is 87.7. The van der Waals surface area contributed by atoms with Gasteiger partial charge in [0.2, 0.25) is 0 Å². The van der Waals surface area contributed by atoms with Gasteiger partial charge in [-0.2, -0.15) is 13.2 Å². The van der Waals surface area contributed by atoms with E-state index < -0.39 is 40.8 Å². The summed E-state index contributed by atoms with van der Waals surface area (Å²) in [6, 6.07) is 25.2. The first-order valence-corrected chi connectivity index (χ1v) is 15.2. The minimum atomic E-state index is -4.82. The largest absolute Gasteiger partial charge is 0.493 e. The Hall–Kier alpha value is -3.60. The van der Waals surface area contributed by atoms with Crippen molar-refractivity contribution in [3.05, 3.63) is 130 Å². The fourth-order valence-electron chi connectivity index (χ4n) is 4.99. The van der Waals surface area contributed by atoms with Crippen LogP contribution in [0.2, 0.25) is 0 Å². The Morgan fingerprint density at radius 2 is 1.53 bits per heavy atom. The molecule has 1 atom stereocenters. The van der Waals surface area contributed by atoms with E-state index in [4.69, 9.17) is 4.74 Å². The molecule has 0 fully saturated rings. The Morgan fingerprint density at radius 3 is 2.09 bits per heavy atom. The molecule has 0 aliphatic rings. The first-order chi connectivity index (χ1) is 20.6. The lowest BCUT2D eigenvalue weighted by atomic mass is 9.90. The van der Waals surface area contributed by atoms with E-state index in [-0.39, 0.29) is 40.8 Å². The van der Waals surface area contributed by atoms with E-state index >= 15 is 4.39 Å². The first kappa shape index (κ1) is 32.3. The molecule has 0 bridgehead atoms. The first-order valence-electron chi connectivity index (χ1n) is 13.6. The highest BCUT2D eigenvalue weighted by Crippen LogP contribution is 2.33. The van der Waals surface area contributed by atoms with Crippen molar-refractivity contribution < 1.29 is 36.0 Å². The van der Waals surface area contributed by atoms with Crippen LogP contribution in [0.5, 0.6) is 5.75 Å². The Bertz CT molecular complexity index is 1480. The molecule has 0 heterocycles. The van der Waals surface area contributed by atoms with Crippen molar-refractivity contribution in [3.8, 4) is 5.75 Å². The Kier molecular flexibility index (Phi) is 11.1. The zero-order valence-corrected chi connectivity index (χ0v) is 24.3. The fourth-order valence-corrected chi connectivity index (χ4v) is 5.78. The number of ether oxygens (including phenoxy) is 1. The van der Waals surface area contributed by atoms with Gasteiger partial charge in [-0.1, -0.05) is 72.8 Å². The molecule has 10 heteroatoms. The van der Waals surface area contributed by atoms with Gasteiger partial charge in [-0.3, -0.25) is 9.11 Å². The zero-order chi connectivity index (χ0) is 31.0. The van der Waals surface area contributed by atoms with Crippen LogP contribution in [0, 0.1) is 11.6 Å². The van der Waals surface area contributed by atoms with Gasteiger partial charge < -0.3 is 9.84 Å². The van der Waals surface area contributed by atoms with Crippen molar-refractivity contribution in [2.24, 2.45) is 0 Å². The smallest absolute Gasteiger partial charge is 0.419 e. The Balaban J connectivity index is 1.57. The van der Waals surface area contributed by atoms with Gasteiger partial charge in [-0.05, 0) is 29.7 Å². The molecular formula is C33H32F5NO3S. The lowest BCUT2D eigenvalue weighted by molar-refractivity contribution is -0.140. The third kappa shape index (κ3) is 8.49. The molecule has 0 spiro atoms. The number of hydrogen-bond acceptors (Lipinski definition) is 4. The van der Waals surface area contributed by atoms with Gasteiger partial charge in [0.25, 0.3) is 0 Å². The number of benzene rings is 4. The SMILES string of the molecule is CS(=O)c1cc(OCCCN(Cc2cccc(C(F)(F)F)c2F)CC(c2ccccc2)c2ccccc2)cc(F)c1CO. The highest BCUT2D eigenvalue weighted by molar-refractivity contribution is 7.84. The number of nitrogens with zero attached hydrogens (tertiary/aromatic N) is 1. The lowest BCUT2D eigenvalue weighted by Crippen LogP contribution is -2.31. The van der Waals surface area contributed by atoms with Crippen molar-refractivity contribution in [2.45, 2.75) is 36.6 Å². The van der Waals surface area contributed by atoms with Crippen LogP contribution in [0.1, 0.15) is 40.2 Å². The summed E-state index contributed by atoms with van der Waals surface area (Å²) >= 11 is 0. The second-order valence-corrected chi connectivity index (χ2v) is 11.4. The molecule has 0 aromatic heterocycles. The standard InChI is InChI=1S/C33H32F5NO3S/c1-43(41)31-19-26(18-30(34)28(31)22-40)42-17-9-16-39(20-25-14-8-15-29(32(25)35)33(36,37)38)21-27(23-10-4-2-5-11-23)24-12-6-3-7-13-24/h2-8,10-15,18-19,27,40H,9,16-17,20-22H2,1H3. The number of halogens is 5. The zero-order valence-electron chi connectivity index (χ0n) is 23.5. The maximum absolute atomic E-state index is 15.1. The third-order valence-corrected chi connectivity index (χ3v) is 8.09. The maximum atomic E-state index is 15.1. The average Bonchev–Trinajstić information content (AvgIpc) is 2.98. The van der Waals surface area contributed by atoms with Crippen molar-refractivity contribution in [3.63, 3.8) is 0 Å². The van der Waals surface area contributed by atoms with Gasteiger partial charge in [0.15, 0.2) is 0 Å². The predicted molar refractivity (Wildman–Crippen MR) is 156 cm³/mol. The Labute approximate surface area is 250 Å². The molecule has 0 aliphatic heterocycles. The van der Waals surface area contributed by atoms with Crippen LogP contribution < -0.4 is 4.74 Å². The van der Waals surface area contributed by atoms with E-state index in [0.29, 0.717) is 19.5 Å². The molecule has 43 heavy (non-hydrogen) atoms. The lowest BCUT2D eigenvalue weighted by Gasteiger charge is -2.29. The quantitative estimate of drug-likeness (QED) is 0.126. The summed E-state index contributed by atoms with van der Waals surface area (Å²) in [6.07, 6.45) is -3.07. The van der Waals surface area contributed by atoms with E-state index in [1.165, 1.54) is 24.5 Å². The highest BCUT2D eigenvalue weighted by Gasteiger charge is 2.35. The van der Waals surface area contributed by atoms with Crippen LogP contribution in [-0.4, -0.2) is 40.2 Å². The van der Waals surface area contributed by atoms with Crippen LogP contribution in [0.4, 0.5) is 22.0 Å². The molecule has 0 amide bonds. The van der Waals surface area contributed by atoms with Crippen molar-refractivity contribution in [2.75, 3.05) is 26.0 Å². The normalized spacial score (nSPS) is 12.6. The van der Waals surface area contributed by atoms with Crippen molar-refractivity contribution >= 4 is 10.8 Å². The monoisotopic (exact) mass is 617 g/mol. The van der Waals surface area contributed by atoms with Gasteiger partial charge in [0.05, 0.1) is 34.5 Å². The molecule has 4 rings (SSSR count). The Morgan fingerprint density at radius 1 is 0.907 bits per heavy atom. The molecular weight excluding hydrogens is 585 g/mol. The van der Waals surface area contributed by atoms with Crippen molar-refractivity contribution in [1.29, 1.82) is 0 Å². The number of alkyl halides is 3. The number of aliphatic hydroxyl groups excluding tert-OH is 1. The van der Waals surface area contributed by atoms with E-state index in [0.717, 1.165) is 23.3 Å².